The zero-order chi connectivity index (χ0) is 16.5. The minimum Gasteiger partial charge on any atom is -0.337 e. The molecule has 6 heteroatoms. The van der Waals surface area contributed by atoms with Crippen molar-refractivity contribution in [3.63, 3.8) is 0 Å². The first kappa shape index (κ1) is 15.3. The van der Waals surface area contributed by atoms with Gasteiger partial charge in [0.1, 0.15) is 0 Å². The number of fused-ring (bicyclic) bond motifs is 2. The van der Waals surface area contributed by atoms with Crippen molar-refractivity contribution in [2.75, 3.05) is 13.1 Å². The Labute approximate surface area is 141 Å². The smallest absolute Gasteiger partial charge is 0.257 e. The lowest BCUT2D eigenvalue weighted by Crippen LogP contribution is -2.39. The molecule has 0 aliphatic carbocycles. The Hall–Kier alpha value is -2.21. The highest BCUT2D eigenvalue weighted by Gasteiger charge is 2.32. The molecule has 126 valence electrons. The van der Waals surface area contributed by atoms with E-state index in [1.807, 2.05) is 23.1 Å². The molecule has 0 radical (unpaired) electrons. The van der Waals surface area contributed by atoms with Crippen LogP contribution in [0.25, 0.3) is 5.82 Å². The molecule has 2 aliphatic rings. The summed E-state index contributed by atoms with van der Waals surface area (Å²) in [5.74, 6) is 0.855. The van der Waals surface area contributed by atoms with Crippen LogP contribution in [0.5, 0.6) is 0 Å². The van der Waals surface area contributed by atoms with Crippen molar-refractivity contribution in [1.29, 1.82) is 0 Å². The average molecular weight is 325 g/mol. The standard InChI is InChI=1S/C18H23N5O/c1-2-16-15(11-20-23(16)17-5-3-4-9-19-17)18(24)22-10-8-13-6-7-14(12-22)21-13/h3-5,9,11,13-14,21H,2,6-8,10,12H2,1H3. The number of likely N-dealkylation sites (tertiary alicyclic amines) is 1. The zero-order valence-corrected chi connectivity index (χ0v) is 14.0. The van der Waals surface area contributed by atoms with Crippen LogP contribution in [0.1, 0.15) is 42.2 Å². The second-order valence-corrected chi connectivity index (χ2v) is 6.64. The lowest BCUT2D eigenvalue weighted by Gasteiger charge is -2.24. The molecular formula is C18H23N5O. The highest BCUT2D eigenvalue weighted by molar-refractivity contribution is 5.95. The van der Waals surface area contributed by atoms with E-state index in [2.05, 4.69) is 22.3 Å². The van der Waals surface area contributed by atoms with Gasteiger partial charge in [0.15, 0.2) is 5.82 Å². The molecule has 2 unspecified atom stereocenters. The summed E-state index contributed by atoms with van der Waals surface area (Å²) in [6.07, 6.45) is 7.64. The number of pyridine rings is 1. The summed E-state index contributed by atoms with van der Waals surface area (Å²) in [5.41, 5.74) is 1.64. The van der Waals surface area contributed by atoms with Crippen LogP contribution in [0.4, 0.5) is 0 Å². The van der Waals surface area contributed by atoms with Crippen molar-refractivity contribution in [2.24, 2.45) is 0 Å². The first-order chi connectivity index (χ1) is 11.8. The number of carbonyl (C=O) groups excluding carboxylic acids is 1. The number of rotatable bonds is 3. The minimum absolute atomic E-state index is 0.100. The quantitative estimate of drug-likeness (QED) is 0.935. The first-order valence-corrected chi connectivity index (χ1v) is 8.80. The normalized spacial score (nSPS) is 23.3. The number of nitrogens with one attached hydrogen (secondary N) is 1. The van der Waals surface area contributed by atoms with Gasteiger partial charge in [0.25, 0.3) is 5.91 Å². The fourth-order valence-corrected chi connectivity index (χ4v) is 3.87. The Morgan fingerprint density at radius 3 is 2.96 bits per heavy atom. The molecule has 24 heavy (non-hydrogen) atoms. The number of aromatic nitrogens is 3. The number of amides is 1. The SMILES string of the molecule is CCc1c(C(=O)N2CCC3CCC(C2)N3)cnn1-c1ccccn1. The maximum Gasteiger partial charge on any atom is 0.257 e. The van der Waals surface area contributed by atoms with Gasteiger partial charge in [0.2, 0.25) is 0 Å². The molecule has 2 atom stereocenters. The van der Waals surface area contributed by atoms with E-state index in [9.17, 15) is 4.79 Å². The number of hydrogen-bond acceptors (Lipinski definition) is 4. The zero-order valence-electron chi connectivity index (χ0n) is 14.0. The third-order valence-corrected chi connectivity index (χ3v) is 5.11. The highest BCUT2D eigenvalue weighted by atomic mass is 16.2. The summed E-state index contributed by atoms with van der Waals surface area (Å²) in [6, 6.07) is 6.74. The molecule has 2 bridgehead atoms. The molecule has 4 rings (SSSR count). The number of carbonyl (C=O) groups is 1. The van der Waals surface area contributed by atoms with Gasteiger partial charge in [-0.1, -0.05) is 13.0 Å². The molecule has 0 aromatic carbocycles. The third-order valence-electron chi connectivity index (χ3n) is 5.11. The van der Waals surface area contributed by atoms with Gasteiger partial charge in [-0.3, -0.25) is 4.79 Å². The molecule has 1 N–H and O–H groups in total. The van der Waals surface area contributed by atoms with E-state index in [1.54, 1.807) is 17.1 Å². The summed E-state index contributed by atoms with van der Waals surface area (Å²) < 4.78 is 1.79. The second kappa shape index (κ2) is 6.36. The second-order valence-electron chi connectivity index (χ2n) is 6.64. The van der Waals surface area contributed by atoms with Gasteiger partial charge >= 0.3 is 0 Å². The van der Waals surface area contributed by atoms with Gasteiger partial charge in [0.05, 0.1) is 17.5 Å². The molecule has 1 amide bonds. The van der Waals surface area contributed by atoms with E-state index < -0.39 is 0 Å². The Morgan fingerprint density at radius 2 is 2.17 bits per heavy atom. The van der Waals surface area contributed by atoms with Crippen LogP contribution >= 0.6 is 0 Å². The van der Waals surface area contributed by atoms with Gasteiger partial charge in [-0.05, 0) is 37.8 Å². The average Bonchev–Trinajstić information content (AvgIpc) is 3.18. The lowest BCUT2D eigenvalue weighted by molar-refractivity contribution is 0.0747. The van der Waals surface area contributed by atoms with Crippen molar-refractivity contribution in [1.82, 2.24) is 25.0 Å². The van der Waals surface area contributed by atoms with E-state index >= 15 is 0 Å². The van der Waals surface area contributed by atoms with Crippen LogP contribution < -0.4 is 5.32 Å². The van der Waals surface area contributed by atoms with Gasteiger partial charge < -0.3 is 10.2 Å². The third kappa shape index (κ3) is 2.71. The topological polar surface area (TPSA) is 63.1 Å². The summed E-state index contributed by atoms with van der Waals surface area (Å²) >= 11 is 0. The number of nitrogens with zero attached hydrogens (tertiary/aromatic N) is 4. The highest BCUT2D eigenvalue weighted by Crippen LogP contribution is 2.23. The largest absolute Gasteiger partial charge is 0.337 e. The van der Waals surface area contributed by atoms with E-state index in [-0.39, 0.29) is 5.91 Å². The predicted molar refractivity (Wildman–Crippen MR) is 91.2 cm³/mol. The molecule has 4 heterocycles. The van der Waals surface area contributed by atoms with Crippen LogP contribution in [0, 0.1) is 0 Å². The van der Waals surface area contributed by atoms with Crippen LogP contribution in [-0.4, -0.2) is 50.7 Å². The van der Waals surface area contributed by atoms with E-state index in [0.717, 1.165) is 37.4 Å². The Morgan fingerprint density at radius 1 is 1.29 bits per heavy atom. The molecule has 6 nitrogen and oxygen atoms in total. The Bertz CT molecular complexity index is 726. The van der Waals surface area contributed by atoms with Gasteiger partial charge in [-0.2, -0.15) is 5.10 Å². The molecule has 0 saturated carbocycles. The van der Waals surface area contributed by atoms with Crippen molar-refractivity contribution >= 4 is 5.91 Å². The maximum absolute atomic E-state index is 13.1. The summed E-state index contributed by atoms with van der Waals surface area (Å²) in [5, 5.41) is 8.06. The summed E-state index contributed by atoms with van der Waals surface area (Å²) in [6.45, 7) is 3.68. The summed E-state index contributed by atoms with van der Waals surface area (Å²) in [4.78, 5) is 19.4. The maximum atomic E-state index is 13.1. The summed E-state index contributed by atoms with van der Waals surface area (Å²) in [7, 11) is 0. The van der Waals surface area contributed by atoms with Crippen LogP contribution in [0.15, 0.2) is 30.6 Å². The van der Waals surface area contributed by atoms with Crippen molar-refractivity contribution < 1.29 is 4.79 Å². The molecule has 2 aliphatic heterocycles. The van der Waals surface area contributed by atoms with E-state index in [4.69, 9.17) is 0 Å². The van der Waals surface area contributed by atoms with Crippen molar-refractivity contribution in [3.05, 3.63) is 41.9 Å². The molecule has 0 spiro atoms. The van der Waals surface area contributed by atoms with Crippen LogP contribution in [0.2, 0.25) is 0 Å². The Balaban J connectivity index is 1.62. The van der Waals surface area contributed by atoms with Gasteiger partial charge in [-0.15, -0.1) is 0 Å². The van der Waals surface area contributed by atoms with Gasteiger partial charge in [0, 0.05) is 31.4 Å². The van der Waals surface area contributed by atoms with Crippen LogP contribution in [-0.2, 0) is 6.42 Å². The minimum atomic E-state index is 0.100. The van der Waals surface area contributed by atoms with Crippen molar-refractivity contribution in [3.8, 4) is 5.82 Å². The van der Waals surface area contributed by atoms with E-state index in [0.29, 0.717) is 17.6 Å². The van der Waals surface area contributed by atoms with Gasteiger partial charge in [-0.25, -0.2) is 9.67 Å². The fraction of sp³-hybridized carbons (Fsp3) is 0.500. The first-order valence-electron chi connectivity index (χ1n) is 8.80. The molecular weight excluding hydrogens is 302 g/mol. The molecule has 2 aromatic heterocycles. The Kier molecular flexibility index (Phi) is 4.06. The molecule has 2 fully saturated rings. The molecule has 2 saturated heterocycles. The predicted octanol–water partition coefficient (Wildman–Crippen LogP) is 1.80. The van der Waals surface area contributed by atoms with Crippen LogP contribution in [0.3, 0.4) is 0 Å². The van der Waals surface area contributed by atoms with E-state index in [1.165, 1.54) is 12.8 Å². The monoisotopic (exact) mass is 325 g/mol. The number of hydrogen-bond donors (Lipinski definition) is 1. The fourth-order valence-electron chi connectivity index (χ4n) is 3.87. The molecule has 2 aromatic rings. The lowest BCUT2D eigenvalue weighted by atomic mass is 10.1. The van der Waals surface area contributed by atoms with Crippen molar-refractivity contribution in [2.45, 2.75) is 44.7 Å².